The van der Waals surface area contributed by atoms with Crippen LogP contribution in [-0.2, 0) is 4.74 Å². The van der Waals surface area contributed by atoms with Crippen LogP contribution in [0.1, 0.15) is 6.23 Å². The van der Waals surface area contributed by atoms with Crippen molar-refractivity contribution in [2.24, 2.45) is 0 Å². The summed E-state index contributed by atoms with van der Waals surface area (Å²) in [5, 5.41) is 29.3. The third-order valence-electron chi connectivity index (χ3n) is 4.19. The second-order valence-corrected chi connectivity index (χ2v) is 5.73. The molecule has 25 heavy (non-hydrogen) atoms. The summed E-state index contributed by atoms with van der Waals surface area (Å²) >= 11 is 0. The zero-order valence-electron chi connectivity index (χ0n) is 12.9. The van der Waals surface area contributed by atoms with E-state index in [1.807, 2.05) is 6.07 Å². The molecule has 0 aromatic carbocycles. The first kappa shape index (κ1) is 15.8. The van der Waals surface area contributed by atoms with Gasteiger partial charge in [0.15, 0.2) is 17.4 Å². The molecule has 1 aliphatic rings. The normalized spacial score (nSPS) is 26.4. The summed E-state index contributed by atoms with van der Waals surface area (Å²) in [4.78, 5) is 22.8. The average molecular weight is 346 g/mol. The van der Waals surface area contributed by atoms with E-state index >= 15 is 0 Å². The first-order chi connectivity index (χ1) is 12.1. The van der Waals surface area contributed by atoms with Crippen molar-refractivity contribution in [3.8, 4) is 5.82 Å². The first-order valence-electron chi connectivity index (χ1n) is 7.66. The zero-order valence-corrected chi connectivity index (χ0v) is 12.9. The maximum atomic E-state index is 12.0. The number of imidazole rings is 1. The van der Waals surface area contributed by atoms with Crippen LogP contribution in [0.5, 0.6) is 0 Å². The molecule has 0 unspecified atom stereocenters. The van der Waals surface area contributed by atoms with E-state index in [1.165, 1.54) is 10.9 Å². The van der Waals surface area contributed by atoms with Gasteiger partial charge in [0.1, 0.15) is 18.3 Å². The lowest BCUT2D eigenvalue weighted by molar-refractivity contribution is -0.598. The van der Waals surface area contributed by atoms with Gasteiger partial charge in [0.25, 0.3) is 0 Å². The van der Waals surface area contributed by atoms with E-state index in [0.29, 0.717) is 11.3 Å². The molecule has 3 aromatic heterocycles. The lowest BCUT2D eigenvalue weighted by atomic mass is 10.1. The Morgan fingerprint density at radius 2 is 2.00 bits per heavy atom. The molecular formula is C15H16N5O5+. The molecule has 0 aliphatic carbocycles. The molecule has 4 rings (SSSR count). The molecule has 0 spiro atoms. The molecule has 0 amide bonds. The number of H-pyrrole nitrogens is 1. The summed E-state index contributed by atoms with van der Waals surface area (Å²) in [6, 6.07) is 5.44. The largest absolute Gasteiger partial charge is 0.434 e. The van der Waals surface area contributed by atoms with Crippen LogP contribution < -0.4 is 10.3 Å². The Labute approximate surface area is 140 Å². The Bertz CT molecular complexity index is 956. The number of nitrogens with one attached hydrogen (secondary N) is 1. The minimum Gasteiger partial charge on any atom is -0.394 e. The summed E-state index contributed by atoms with van der Waals surface area (Å²) < 4.78 is 8.54. The Kier molecular flexibility index (Phi) is 3.81. The van der Waals surface area contributed by atoms with Crippen LogP contribution in [-0.4, -0.2) is 59.8 Å². The average Bonchev–Trinajstić information content (AvgIpc) is 3.16. The van der Waals surface area contributed by atoms with Gasteiger partial charge in [-0.1, -0.05) is 6.07 Å². The lowest BCUT2D eigenvalue weighted by Gasteiger charge is -2.16. The third-order valence-corrected chi connectivity index (χ3v) is 4.19. The predicted molar refractivity (Wildman–Crippen MR) is 82.7 cm³/mol. The van der Waals surface area contributed by atoms with Crippen LogP contribution in [0.2, 0.25) is 0 Å². The van der Waals surface area contributed by atoms with Crippen molar-refractivity contribution in [2.45, 2.75) is 24.5 Å². The Morgan fingerprint density at radius 3 is 2.68 bits per heavy atom. The van der Waals surface area contributed by atoms with Crippen molar-refractivity contribution in [2.75, 3.05) is 6.61 Å². The summed E-state index contributed by atoms with van der Waals surface area (Å²) in [5.74, 6) is 0.418. The van der Waals surface area contributed by atoms with Gasteiger partial charge in [-0.15, -0.1) is 0 Å². The van der Waals surface area contributed by atoms with Crippen LogP contribution in [0, 0.1) is 0 Å². The third kappa shape index (κ3) is 2.51. The standard InChI is InChI=1S/C15H15N5O5/c21-6-8-10(22)11(23)14(25-8)20-7-16-9-12(17-15(24)18-13(9)20)19-4-2-1-3-5-19/h1-5,7-8,10-11,14,21-23H,6H2/p+1/t8-,10-,11-,14-/m1/s1. The van der Waals surface area contributed by atoms with Gasteiger partial charge in [-0.25, -0.2) is 14.3 Å². The van der Waals surface area contributed by atoms with Gasteiger partial charge >= 0.3 is 11.5 Å². The van der Waals surface area contributed by atoms with Crippen molar-refractivity contribution in [3.63, 3.8) is 0 Å². The fourth-order valence-electron chi connectivity index (χ4n) is 2.95. The minimum absolute atomic E-state index is 0.199. The van der Waals surface area contributed by atoms with Gasteiger partial charge in [-0.3, -0.25) is 4.57 Å². The number of pyridine rings is 1. The van der Waals surface area contributed by atoms with Gasteiger partial charge in [-0.05, 0) is 12.1 Å². The van der Waals surface area contributed by atoms with E-state index in [0.717, 1.165) is 0 Å². The highest BCUT2D eigenvalue weighted by Crippen LogP contribution is 2.31. The van der Waals surface area contributed by atoms with Gasteiger partial charge in [-0.2, -0.15) is 9.97 Å². The molecule has 4 heterocycles. The topological polar surface area (TPSA) is 137 Å². The number of aliphatic hydroxyl groups excluding tert-OH is 3. The maximum absolute atomic E-state index is 12.0. The number of hydrogen-bond donors (Lipinski definition) is 4. The summed E-state index contributed by atoms with van der Waals surface area (Å²) in [6.07, 6.45) is 0.383. The highest BCUT2D eigenvalue weighted by atomic mass is 16.6. The number of rotatable bonds is 3. The maximum Gasteiger partial charge on any atom is 0.434 e. The summed E-state index contributed by atoms with van der Waals surface area (Å²) in [7, 11) is 0. The van der Waals surface area contributed by atoms with Crippen LogP contribution >= 0.6 is 0 Å². The second kappa shape index (κ2) is 6.01. The monoisotopic (exact) mass is 346 g/mol. The second-order valence-electron chi connectivity index (χ2n) is 5.73. The highest BCUT2D eigenvalue weighted by Gasteiger charge is 2.44. The van der Waals surface area contributed by atoms with E-state index in [1.54, 1.807) is 29.1 Å². The molecule has 10 heteroatoms. The van der Waals surface area contributed by atoms with Gasteiger partial charge in [0.05, 0.1) is 25.3 Å². The van der Waals surface area contributed by atoms with Crippen LogP contribution in [0.3, 0.4) is 0 Å². The number of aromatic nitrogens is 5. The van der Waals surface area contributed by atoms with Crippen LogP contribution in [0.4, 0.5) is 0 Å². The molecule has 10 nitrogen and oxygen atoms in total. The van der Waals surface area contributed by atoms with E-state index in [9.17, 15) is 20.1 Å². The van der Waals surface area contributed by atoms with E-state index < -0.39 is 36.8 Å². The number of aliphatic hydroxyl groups is 3. The van der Waals surface area contributed by atoms with E-state index in [2.05, 4.69) is 15.0 Å². The van der Waals surface area contributed by atoms with Gasteiger partial charge in [0.2, 0.25) is 0 Å². The quantitative estimate of drug-likeness (QED) is 0.403. The van der Waals surface area contributed by atoms with E-state index in [-0.39, 0.29) is 5.65 Å². The number of nitrogens with zero attached hydrogens (tertiary/aromatic N) is 4. The summed E-state index contributed by atoms with van der Waals surface area (Å²) in [6.45, 7) is -0.444. The Morgan fingerprint density at radius 1 is 1.24 bits per heavy atom. The molecule has 1 fully saturated rings. The number of hydrogen-bond acceptors (Lipinski definition) is 7. The lowest BCUT2D eigenvalue weighted by Crippen LogP contribution is -2.34. The Hall–Kier alpha value is -2.66. The molecule has 3 aromatic rings. The molecule has 0 bridgehead atoms. The Balaban J connectivity index is 1.86. The molecule has 130 valence electrons. The van der Waals surface area contributed by atoms with Crippen molar-refractivity contribution in [3.05, 3.63) is 47.4 Å². The zero-order chi connectivity index (χ0) is 17.6. The minimum atomic E-state index is -1.29. The first-order valence-corrected chi connectivity index (χ1v) is 7.66. The fraction of sp³-hybridized carbons (Fsp3) is 0.333. The number of ether oxygens (including phenoxy) is 1. The highest BCUT2D eigenvalue weighted by molar-refractivity contribution is 5.76. The molecule has 4 atom stereocenters. The molecule has 1 saturated heterocycles. The van der Waals surface area contributed by atoms with Crippen molar-refractivity contribution >= 4 is 11.2 Å². The SMILES string of the molecule is O=c1nc2c(ncn2[C@@H]2O[C@H](CO)[C@@H](O)[C@H]2O)c(-[n+]2ccccc2)[nH]1. The van der Waals surface area contributed by atoms with E-state index in [4.69, 9.17) is 4.74 Å². The van der Waals surface area contributed by atoms with Gasteiger partial charge in [0, 0.05) is 0 Å². The molecular weight excluding hydrogens is 330 g/mol. The smallest absolute Gasteiger partial charge is 0.394 e. The van der Waals surface area contributed by atoms with Crippen molar-refractivity contribution < 1.29 is 24.6 Å². The number of fused-ring (bicyclic) bond motifs is 1. The summed E-state index contributed by atoms with van der Waals surface area (Å²) in [5.41, 5.74) is 0.00540. The number of aromatic amines is 1. The molecule has 4 N–H and O–H groups in total. The van der Waals surface area contributed by atoms with Crippen LogP contribution in [0.15, 0.2) is 41.7 Å². The molecule has 0 radical (unpaired) electrons. The van der Waals surface area contributed by atoms with Crippen LogP contribution in [0.25, 0.3) is 17.0 Å². The molecule has 0 saturated carbocycles. The molecule has 1 aliphatic heterocycles. The van der Waals surface area contributed by atoms with Gasteiger partial charge < -0.3 is 20.1 Å². The van der Waals surface area contributed by atoms with Crippen molar-refractivity contribution in [1.82, 2.24) is 19.5 Å². The van der Waals surface area contributed by atoms with Crippen molar-refractivity contribution in [1.29, 1.82) is 0 Å². The fourth-order valence-corrected chi connectivity index (χ4v) is 2.95. The predicted octanol–water partition coefficient (Wildman–Crippen LogP) is -1.99.